The molecule has 5 rings (SSSR count). The monoisotopic (exact) mass is 539 g/mol. The summed E-state index contributed by atoms with van der Waals surface area (Å²) in [5.74, 6) is 0.417. The van der Waals surface area contributed by atoms with Crippen LogP contribution in [0.4, 0.5) is 11.5 Å². The normalized spacial score (nSPS) is 17.8. The van der Waals surface area contributed by atoms with Crippen LogP contribution in [0.25, 0.3) is 11.7 Å². The minimum atomic E-state index is -0.203. The minimum Gasteiger partial charge on any atom is -0.368 e. The maximum Gasteiger partial charge on any atom is 0.267 e. The molecule has 10 heteroatoms. The predicted molar refractivity (Wildman–Crippen MR) is 152 cm³/mol. The van der Waals surface area contributed by atoms with E-state index < -0.39 is 0 Å². The quantitative estimate of drug-likeness (QED) is 0.355. The lowest BCUT2D eigenvalue weighted by Gasteiger charge is -2.37. The summed E-state index contributed by atoms with van der Waals surface area (Å²) in [5, 5.41) is 0.704. The van der Waals surface area contributed by atoms with Crippen LogP contribution in [0, 0.1) is 6.92 Å². The van der Waals surface area contributed by atoms with Gasteiger partial charge in [0.25, 0.3) is 11.5 Å². The molecule has 3 aromatic rings. The summed E-state index contributed by atoms with van der Waals surface area (Å²) in [6.07, 6.45) is 3.39. The molecule has 0 radical (unpaired) electrons. The summed E-state index contributed by atoms with van der Waals surface area (Å²) in [6.45, 7) is 8.65. The fraction of sp³-hybridized carbons (Fsp3) is 0.308. The van der Waals surface area contributed by atoms with Gasteiger partial charge in [0.2, 0.25) is 0 Å². The number of benzene rings is 1. The number of thiocarbonyl (C=S) groups is 1. The number of nitrogens with zero attached hydrogens (tertiary/aromatic N) is 5. The second-order valence-corrected chi connectivity index (χ2v) is 11.3. The summed E-state index contributed by atoms with van der Waals surface area (Å²) in [7, 11) is 0. The van der Waals surface area contributed by atoms with E-state index >= 15 is 0 Å². The van der Waals surface area contributed by atoms with Gasteiger partial charge in [-0.3, -0.25) is 18.9 Å². The van der Waals surface area contributed by atoms with E-state index in [0.29, 0.717) is 44.4 Å². The Hall–Kier alpha value is -2.88. The molecule has 2 aliphatic heterocycles. The third-order valence-corrected chi connectivity index (χ3v) is 8.00. The lowest BCUT2D eigenvalue weighted by molar-refractivity contribution is -0.123. The Labute approximate surface area is 224 Å². The number of hydrogen-bond acceptors (Lipinski definition) is 7. The molecule has 2 aliphatic rings. The topological polar surface area (TPSA) is 61.2 Å². The third-order valence-electron chi connectivity index (χ3n) is 6.43. The SMILES string of the molecule is Cc1cccn2c(=O)c(/C=C3\SC(=S)N(C(C)C)C3=O)c(N3CCN(c4cccc(Cl)c4)CC3)nc12. The number of aromatic nitrogens is 2. The van der Waals surface area contributed by atoms with Crippen LogP contribution in [0.15, 0.2) is 52.3 Å². The summed E-state index contributed by atoms with van der Waals surface area (Å²) in [6, 6.07) is 11.5. The number of thioether (sulfide) groups is 1. The molecule has 0 spiro atoms. The average molecular weight is 540 g/mol. The highest BCUT2D eigenvalue weighted by molar-refractivity contribution is 8.26. The number of aryl methyl sites for hydroxylation is 1. The summed E-state index contributed by atoms with van der Waals surface area (Å²) < 4.78 is 2.05. The van der Waals surface area contributed by atoms with Crippen molar-refractivity contribution >= 4 is 69.0 Å². The van der Waals surface area contributed by atoms with Gasteiger partial charge >= 0.3 is 0 Å². The number of anilines is 2. The molecule has 0 bridgehead atoms. The van der Waals surface area contributed by atoms with Crippen LogP contribution in [0.5, 0.6) is 0 Å². The van der Waals surface area contributed by atoms with Crippen molar-refractivity contribution in [2.75, 3.05) is 36.0 Å². The van der Waals surface area contributed by atoms with Gasteiger partial charge in [0.1, 0.15) is 15.8 Å². The molecule has 0 saturated carbocycles. The van der Waals surface area contributed by atoms with Gasteiger partial charge in [-0.2, -0.15) is 0 Å². The Kier molecular flexibility index (Phi) is 6.80. The third kappa shape index (κ3) is 4.51. The van der Waals surface area contributed by atoms with Crippen molar-refractivity contribution in [3.8, 4) is 0 Å². The van der Waals surface area contributed by atoms with Gasteiger partial charge in [-0.1, -0.05) is 47.7 Å². The zero-order valence-corrected chi connectivity index (χ0v) is 22.7. The highest BCUT2D eigenvalue weighted by atomic mass is 35.5. The van der Waals surface area contributed by atoms with E-state index in [1.807, 2.05) is 57.2 Å². The maximum absolute atomic E-state index is 13.7. The summed E-state index contributed by atoms with van der Waals surface area (Å²) >= 11 is 12.9. The number of carbonyl (C=O) groups excluding carboxylic acids is 1. The number of fused-ring (bicyclic) bond motifs is 1. The largest absolute Gasteiger partial charge is 0.368 e. The number of amides is 1. The predicted octanol–water partition coefficient (Wildman–Crippen LogP) is 4.59. The summed E-state index contributed by atoms with van der Waals surface area (Å²) in [4.78, 5) is 38.2. The van der Waals surface area contributed by atoms with Gasteiger partial charge in [0, 0.05) is 49.1 Å². The fourth-order valence-corrected chi connectivity index (χ4v) is 6.26. The lowest BCUT2D eigenvalue weighted by atomic mass is 10.2. The van der Waals surface area contributed by atoms with Crippen molar-refractivity contribution in [3.63, 3.8) is 0 Å². The van der Waals surface area contributed by atoms with Gasteiger partial charge in [-0.05, 0) is 56.7 Å². The van der Waals surface area contributed by atoms with E-state index in [1.54, 1.807) is 21.6 Å². The highest BCUT2D eigenvalue weighted by Gasteiger charge is 2.34. The number of rotatable bonds is 4. The molecule has 2 fully saturated rings. The first-order chi connectivity index (χ1) is 17.2. The molecule has 7 nitrogen and oxygen atoms in total. The molecule has 1 aromatic carbocycles. The van der Waals surface area contributed by atoms with Crippen LogP contribution in [0.3, 0.4) is 0 Å². The molecule has 1 amide bonds. The van der Waals surface area contributed by atoms with Crippen molar-refractivity contribution in [3.05, 3.63) is 74.0 Å². The van der Waals surface area contributed by atoms with Crippen molar-refractivity contribution in [2.24, 2.45) is 0 Å². The molecule has 2 aromatic heterocycles. The van der Waals surface area contributed by atoms with Gasteiger partial charge in [0.05, 0.1) is 10.5 Å². The highest BCUT2D eigenvalue weighted by Crippen LogP contribution is 2.35. The first-order valence-corrected chi connectivity index (χ1v) is 13.4. The Morgan fingerprint density at radius 2 is 1.81 bits per heavy atom. The van der Waals surface area contributed by atoms with Crippen molar-refractivity contribution in [1.82, 2.24) is 14.3 Å². The first-order valence-electron chi connectivity index (χ1n) is 11.8. The van der Waals surface area contributed by atoms with Crippen LogP contribution >= 0.6 is 35.6 Å². The van der Waals surface area contributed by atoms with Crippen LogP contribution in [-0.2, 0) is 4.79 Å². The van der Waals surface area contributed by atoms with E-state index in [0.717, 1.165) is 24.3 Å². The number of carbonyl (C=O) groups is 1. The molecule has 0 atom stereocenters. The van der Waals surface area contributed by atoms with E-state index in [-0.39, 0.29) is 17.5 Å². The van der Waals surface area contributed by atoms with Crippen LogP contribution in [0.2, 0.25) is 5.02 Å². The zero-order chi connectivity index (χ0) is 25.6. The van der Waals surface area contributed by atoms with Crippen LogP contribution < -0.4 is 15.4 Å². The molecule has 0 unspecified atom stereocenters. The number of halogens is 1. The Balaban J connectivity index is 1.55. The van der Waals surface area contributed by atoms with E-state index in [1.165, 1.54) is 11.8 Å². The van der Waals surface area contributed by atoms with Crippen LogP contribution in [-0.4, -0.2) is 56.7 Å². The fourth-order valence-electron chi connectivity index (χ4n) is 4.57. The standard InChI is InChI=1S/C26H26ClN5O2S2/c1-16(2)32-25(34)21(36-26(32)35)15-20-23(28-22-17(3)6-5-9-31(22)24(20)33)30-12-10-29(11-13-30)19-8-4-7-18(27)14-19/h4-9,14-16H,10-13H2,1-3H3/b21-15-. The molecule has 36 heavy (non-hydrogen) atoms. The smallest absolute Gasteiger partial charge is 0.267 e. The Morgan fingerprint density at radius 1 is 1.08 bits per heavy atom. The summed E-state index contributed by atoms with van der Waals surface area (Å²) in [5.41, 5.74) is 2.79. The van der Waals surface area contributed by atoms with Crippen molar-refractivity contribution < 1.29 is 4.79 Å². The van der Waals surface area contributed by atoms with E-state index in [4.69, 9.17) is 28.8 Å². The van der Waals surface area contributed by atoms with Gasteiger partial charge in [0.15, 0.2) is 0 Å². The molecule has 0 N–H and O–H groups in total. The first kappa shape index (κ1) is 24.8. The minimum absolute atomic E-state index is 0.0547. The number of hydrogen-bond donors (Lipinski definition) is 0. The second-order valence-electron chi connectivity index (χ2n) is 9.14. The molecule has 0 aliphatic carbocycles. The molecular formula is C26H26ClN5O2S2. The molecule has 4 heterocycles. The Bertz CT molecular complexity index is 1460. The molecule has 2 saturated heterocycles. The van der Waals surface area contributed by atoms with Gasteiger partial charge in [-0.25, -0.2) is 4.98 Å². The van der Waals surface area contributed by atoms with Crippen LogP contribution in [0.1, 0.15) is 25.0 Å². The Morgan fingerprint density at radius 3 is 2.47 bits per heavy atom. The zero-order valence-electron chi connectivity index (χ0n) is 20.3. The van der Waals surface area contributed by atoms with Gasteiger partial charge < -0.3 is 9.80 Å². The van der Waals surface area contributed by atoms with Gasteiger partial charge in [-0.15, -0.1) is 0 Å². The van der Waals surface area contributed by atoms with Crippen molar-refractivity contribution in [1.29, 1.82) is 0 Å². The van der Waals surface area contributed by atoms with E-state index in [9.17, 15) is 9.59 Å². The number of pyridine rings is 1. The molecular weight excluding hydrogens is 514 g/mol. The van der Waals surface area contributed by atoms with E-state index in [2.05, 4.69) is 9.80 Å². The van der Waals surface area contributed by atoms with Crippen molar-refractivity contribution in [2.45, 2.75) is 26.8 Å². The second kappa shape index (κ2) is 9.88. The number of piperazine rings is 1. The lowest BCUT2D eigenvalue weighted by Crippen LogP contribution is -2.47. The maximum atomic E-state index is 13.7. The average Bonchev–Trinajstić information content (AvgIpc) is 3.14. The molecule has 186 valence electrons.